The maximum atomic E-state index is 13.0. The highest BCUT2D eigenvalue weighted by Crippen LogP contribution is 2.34. The summed E-state index contributed by atoms with van der Waals surface area (Å²) in [5, 5.41) is 6.09. The summed E-state index contributed by atoms with van der Waals surface area (Å²) in [6, 6.07) is 4.00. The molecule has 2 aromatic heterocycles. The summed E-state index contributed by atoms with van der Waals surface area (Å²) in [4.78, 5) is 23.4. The summed E-state index contributed by atoms with van der Waals surface area (Å²) < 4.78 is 45.2. The van der Waals surface area contributed by atoms with E-state index in [1.165, 1.54) is 29.2 Å². The predicted molar refractivity (Wildman–Crippen MR) is 78.6 cm³/mol. The Morgan fingerprint density at radius 1 is 1.29 bits per heavy atom. The first-order valence-corrected chi connectivity index (χ1v) is 6.69. The SMILES string of the molecule is Cn1cc(C(=O)Nc2ccc3c(C(F)(F)F)cc(=O)oc3c2)cn1. The first-order chi connectivity index (χ1) is 11.2. The summed E-state index contributed by atoms with van der Waals surface area (Å²) in [6.45, 7) is 0. The molecule has 0 unspecified atom stereocenters. The molecule has 0 radical (unpaired) electrons. The highest BCUT2D eigenvalue weighted by Gasteiger charge is 2.33. The Bertz CT molecular complexity index is 989. The van der Waals surface area contributed by atoms with Gasteiger partial charge in [0.05, 0.1) is 17.3 Å². The second-order valence-corrected chi connectivity index (χ2v) is 5.04. The normalized spacial score (nSPS) is 11.7. The molecule has 0 aliphatic rings. The molecule has 2 heterocycles. The fourth-order valence-electron chi connectivity index (χ4n) is 2.22. The molecule has 3 rings (SSSR count). The Balaban J connectivity index is 2.00. The molecule has 6 nitrogen and oxygen atoms in total. The van der Waals surface area contributed by atoms with E-state index < -0.39 is 23.3 Å². The number of nitrogens with zero attached hydrogens (tertiary/aromatic N) is 2. The average molecular weight is 337 g/mol. The van der Waals surface area contributed by atoms with E-state index in [-0.39, 0.29) is 22.2 Å². The van der Waals surface area contributed by atoms with E-state index in [0.717, 1.165) is 6.07 Å². The topological polar surface area (TPSA) is 77.1 Å². The third-order valence-electron chi connectivity index (χ3n) is 3.27. The molecule has 0 fully saturated rings. The Morgan fingerprint density at radius 3 is 2.67 bits per heavy atom. The second-order valence-electron chi connectivity index (χ2n) is 5.04. The number of benzene rings is 1. The maximum Gasteiger partial charge on any atom is 0.417 e. The number of fused-ring (bicyclic) bond motifs is 1. The van der Waals surface area contributed by atoms with Gasteiger partial charge in [0.2, 0.25) is 0 Å². The molecule has 24 heavy (non-hydrogen) atoms. The van der Waals surface area contributed by atoms with Crippen LogP contribution in [0.15, 0.2) is 45.9 Å². The molecule has 0 spiro atoms. The average Bonchev–Trinajstić information content (AvgIpc) is 2.92. The lowest BCUT2D eigenvalue weighted by Gasteiger charge is -2.10. The van der Waals surface area contributed by atoms with Crippen molar-refractivity contribution in [1.82, 2.24) is 9.78 Å². The number of aryl methyl sites for hydroxylation is 1. The molecule has 0 aliphatic carbocycles. The van der Waals surface area contributed by atoms with Gasteiger partial charge in [-0.15, -0.1) is 0 Å². The lowest BCUT2D eigenvalue weighted by Crippen LogP contribution is -2.13. The largest absolute Gasteiger partial charge is 0.423 e. The highest BCUT2D eigenvalue weighted by molar-refractivity contribution is 6.04. The number of hydrogen-bond donors (Lipinski definition) is 1. The van der Waals surface area contributed by atoms with E-state index in [9.17, 15) is 22.8 Å². The molecule has 1 N–H and O–H groups in total. The number of halogens is 3. The van der Waals surface area contributed by atoms with Gasteiger partial charge < -0.3 is 9.73 Å². The van der Waals surface area contributed by atoms with Crippen molar-refractivity contribution in [3.8, 4) is 0 Å². The first kappa shape index (κ1) is 15.8. The van der Waals surface area contributed by atoms with Gasteiger partial charge in [-0.2, -0.15) is 18.3 Å². The zero-order chi connectivity index (χ0) is 17.5. The van der Waals surface area contributed by atoms with Gasteiger partial charge in [-0.3, -0.25) is 9.48 Å². The molecule has 3 aromatic rings. The number of carbonyl (C=O) groups excluding carboxylic acids is 1. The van der Waals surface area contributed by atoms with E-state index in [0.29, 0.717) is 6.07 Å². The van der Waals surface area contributed by atoms with E-state index in [2.05, 4.69) is 10.4 Å². The van der Waals surface area contributed by atoms with Gasteiger partial charge in [-0.1, -0.05) is 0 Å². The quantitative estimate of drug-likeness (QED) is 0.730. The summed E-state index contributed by atoms with van der Waals surface area (Å²) >= 11 is 0. The van der Waals surface area contributed by atoms with Gasteiger partial charge in [-0.25, -0.2) is 4.79 Å². The van der Waals surface area contributed by atoms with Gasteiger partial charge in [0.15, 0.2) is 0 Å². The smallest absolute Gasteiger partial charge is 0.417 e. The lowest BCUT2D eigenvalue weighted by atomic mass is 10.1. The Labute approximate surface area is 132 Å². The van der Waals surface area contributed by atoms with Crippen LogP contribution in [0.3, 0.4) is 0 Å². The van der Waals surface area contributed by atoms with Crippen molar-refractivity contribution in [2.24, 2.45) is 7.05 Å². The van der Waals surface area contributed by atoms with Crippen LogP contribution in [0.1, 0.15) is 15.9 Å². The Morgan fingerprint density at radius 2 is 2.04 bits per heavy atom. The first-order valence-electron chi connectivity index (χ1n) is 6.69. The zero-order valence-electron chi connectivity index (χ0n) is 12.2. The van der Waals surface area contributed by atoms with Crippen LogP contribution in [0.2, 0.25) is 0 Å². The van der Waals surface area contributed by atoms with Crippen molar-refractivity contribution in [2.75, 3.05) is 5.32 Å². The zero-order valence-corrected chi connectivity index (χ0v) is 12.2. The minimum atomic E-state index is -4.69. The molecule has 0 bridgehead atoms. The van der Waals surface area contributed by atoms with Gasteiger partial charge in [-0.05, 0) is 12.1 Å². The molecule has 0 aliphatic heterocycles. The van der Waals surface area contributed by atoms with E-state index in [4.69, 9.17) is 4.42 Å². The molecule has 1 amide bonds. The predicted octanol–water partition coefficient (Wildman–Crippen LogP) is 2.80. The van der Waals surface area contributed by atoms with Crippen molar-refractivity contribution >= 4 is 22.6 Å². The molecule has 0 atom stereocenters. The second kappa shape index (κ2) is 5.52. The number of aromatic nitrogens is 2. The van der Waals surface area contributed by atoms with Crippen LogP contribution in [0, 0.1) is 0 Å². The van der Waals surface area contributed by atoms with Crippen LogP contribution >= 0.6 is 0 Å². The van der Waals surface area contributed by atoms with Crippen molar-refractivity contribution in [1.29, 1.82) is 0 Å². The van der Waals surface area contributed by atoms with Crippen molar-refractivity contribution < 1.29 is 22.4 Å². The molecule has 1 aromatic carbocycles. The molecule has 9 heteroatoms. The molecular weight excluding hydrogens is 327 g/mol. The maximum absolute atomic E-state index is 13.0. The van der Waals surface area contributed by atoms with E-state index in [1.54, 1.807) is 7.05 Å². The number of rotatable bonds is 2. The fraction of sp³-hybridized carbons (Fsp3) is 0.133. The van der Waals surface area contributed by atoms with Crippen LogP contribution in [0.5, 0.6) is 0 Å². The van der Waals surface area contributed by atoms with Crippen LogP contribution in [-0.2, 0) is 13.2 Å². The fourth-order valence-corrected chi connectivity index (χ4v) is 2.22. The number of anilines is 1. The van der Waals surface area contributed by atoms with Crippen molar-refractivity contribution in [2.45, 2.75) is 6.18 Å². The monoisotopic (exact) mass is 337 g/mol. The number of alkyl halides is 3. The highest BCUT2D eigenvalue weighted by atomic mass is 19.4. The van der Waals surface area contributed by atoms with Crippen LogP contribution in [-0.4, -0.2) is 15.7 Å². The van der Waals surface area contributed by atoms with Crippen LogP contribution in [0.4, 0.5) is 18.9 Å². The van der Waals surface area contributed by atoms with Crippen molar-refractivity contribution in [3.05, 3.63) is 58.2 Å². The minimum absolute atomic E-state index is 0.193. The van der Waals surface area contributed by atoms with Gasteiger partial charge in [0.25, 0.3) is 5.91 Å². The van der Waals surface area contributed by atoms with Crippen LogP contribution in [0.25, 0.3) is 11.0 Å². The standard InChI is InChI=1S/C15H10F3N3O3/c1-21-7-8(6-19-21)14(23)20-9-2-3-10-11(15(16,17)18)5-13(22)24-12(10)4-9/h2-7H,1H3,(H,20,23). The summed E-state index contributed by atoms with van der Waals surface area (Å²) in [7, 11) is 1.64. The Hall–Kier alpha value is -3.10. The number of carbonyl (C=O) groups is 1. The third-order valence-corrected chi connectivity index (χ3v) is 3.27. The number of nitrogens with one attached hydrogen (secondary N) is 1. The summed E-state index contributed by atoms with van der Waals surface area (Å²) in [5.74, 6) is -0.489. The third kappa shape index (κ3) is 3.00. The van der Waals surface area contributed by atoms with Crippen LogP contribution < -0.4 is 10.9 Å². The van der Waals surface area contributed by atoms with Gasteiger partial charge in [0.1, 0.15) is 5.58 Å². The minimum Gasteiger partial charge on any atom is -0.423 e. The van der Waals surface area contributed by atoms with E-state index >= 15 is 0 Å². The van der Waals surface area contributed by atoms with E-state index in [1.807, 2.05) is 0 Å². The molecule has 0 saturated heterocycles. The number of hydrogen-bond acceptors (Lipinski definition) is 4. The summed E-state index contributed by atoms with van der Waals surface area (Å²) in [5.41, 5.74) is -2.00. The molecule has 0 saturated carbocycles. The summed E-state index contributed by atoms with van der Waals surface area (Å²) in [6.07, 6.45) is -1.86. The molecule has 124 valence electrons. The van der Waals surface area contributed by atoms with Crippen molar-refractivity contribution in [3.63, 3.8) is 0 Å². The lowest BCUT2D eigenvalue weighted by molar-refractivity contribution is -0.136. The Kier molecular flexibility index (Phi) is 3.63. The number of amides is 1. The van der Waals surface area contributed by atoms with Gasteiger partial charge >= 0.3 is 11.8 Å². The van der Waals surface area contributed by atoms with Gasteiger partial charge in [0, 0.05) is 36.5 Å². The molecular formula is C15H10F3N3O3.